The molecular weight excluding hydrogens is 254 g/mol. The van der Waals surface area contributed by atoms with E-state index in [1.807, 2.05) is 11.8 Å². The molecule has 3 atom stereocenters. The van der Waals surface area contributed by atoms with E-state index in [0.717, 1.165) is 45.6 Å². The van der Waals surface area contributed by atoms with Crippen LogP contribution in [0.5, 0.6) is 0 Å². The summed E-state index contributed by atoms with van der Waals surface area (Å²) in [5.74, 6) is 0.248. The lowest BCUT2D eigenvalue weighted by atomic mass is 10.2. The van der Waals surface area contributed by atoms with E-state index in [1.165, 1.54) is 19.4 Å². The van der Waals surface area contributed by atoms with Gasteiger partial charge in [0, 0.05) is 32.2 Å². The van der Waals surface area contributed by atoms with Crippen molar-refractivity contribution >= 4 is 5.91 Å². The second kappa shape index (κ2) is 6.41. The SMILES string of the molecule is CC(NCC1CN2CCCC2CO1)C(=O)N1CCCC1. The van der Waals surface area contributed by atoms with Gasteiger partial charge in [0.05, 0.1) is 18.8 Å². The molecule has 3 heterocycles. The molecule has 3 aliphatic rings. The first-order valence-corrected chi connectivity index (χ1v) is 8.12. The second-order valence-electron chi connectivity index (χ2n) is 6.41. The number of fused-ring (bicyclic) bond motifs is 1. The lowest BCUT2D eigenvalue weighted by molar-refractivity contribution is -0.132. The number of amides is 1. The number of nitrogens with zero attached hydrogens (tertiary/aromatic N) is 2. The normalized spacial score (nSPS) is 32.4. The van der Waals surface area contributed by atoms with E-state index in [4.69, 9.17) is 4.74 Å². The smallest absolute Gasteiger partial charge is 0.239 e. The van der Waals surface area contributed by atoms with Crippen molar-refractivity contribution in [3.63, 3.8) is 0 Å². The highest BCUT2D eigenvalue weighted by Gasteiger charge is 2.32. The summed E-state index contributed by atoms with van der Waals surface area (Å²) < 4.78 is 5.92. The molecule has 0 radical (unpaired) electrons. The van der Waals surface area contributed by atoms with Gasteiger partial charge in [-0.3, -0.25) is 9.69 Å². The molecule has 20 heavy (non-hydrogen) atoms. The van der Waals surface area contributed by atoms with Gasteiger partial charge < -0.3 is 15.0 Å². The maximum atomic E-state index is 12.2. The molecule has 0 aliphatic carbocycles. The summed E-state index contributed by atoms with van der Waals surface area (Å²) in [6.45, 7) is 7.71. The largest absolute Gasteiger partial charge is 0.374 e. The Morgan fingerprint density at radius 1 is 1.30 bits per heavy atom. The molecule has 0 bridgehead atoms. The van der Waals surface area contributed by atoms with Crippen LogP contribution in [-0.2, 0) is 9.53 Å². The molecule has 3 aliphatic heterocycles. The Morgan fingerprint density at radius 3 is 2.90 bits per heavy atom. The number of nitrogens with one attached hydrogen (secondary N) is 1. The summed E-state index contributed by atoms with van der Waals surface area (Å²) in [6.07, 6.45) is 5.13. The van der Waals surface area contributed by atoms with Crippen molar-refractivity contribution in [2.75, 3.05) is 39.3 Å². The van der Waals surface area contributed by atoms with E-state index >= 15 is 0 Å². The quantitative estimate of drug-likeness (QED) is 0.813. The minimum absolute atomic E-state index is 0.0898. The third kappa shape index (κ3) is 3.15. The second-order valence-corrected chi connectivity index (χ2v) is 6.41. The first kappa shape index (κ1) is 14.3. The van der Waals surface area contributed by atoms with Gasteiger partial charge >= 0.3 is 0 Å². The van der Waals surface area contributed by atoms with Crippen molar-refractivity contribution < 1.29 is 9.53 Å². The van der Waals surface area contributed by atoms with Gasteiger partial charge in [-0.25, -0.2) is 0 Å². The van der Waals surface area contributed by atoms with Crippen LogP contribution in [0.3, 0.4) is 0 Å². The number of rotatable bonds is 4. The van der Waals surface area contributed by atoms with Crippen LogP contribution in [0.25, 0.3) is 0 Å². The predicted molar refractivity (Wildman–Crippen MR) is 77.6 cm³/mol. The molecule has 0 saturated carbocycles. The van der Waals surface area contributed by atoms with Gasteiger partial charge in [0.1, 0.15) is 0 Å². The van der Waals surface area contributed by atoms with Crippen LogP contribution in [0.2, 0.25) is 0 Å². The highest BCUT2D eigenvalue weighted by atomic mass is 16.5. The topological polar surface area (TPSA) is 44.8 Å². The van der Waals surface area contributed by atoms with Crippen LogP contribution >= 0.6 is 0 Å². The molecule has 3 saturated heterocycles. The average Bonchev–Trinajstić information content (AvgIpc) is 3.13. The van der Waals surface area contributed by atoms with Gasteiger partial charge in [0.25, 0.3) is 0 Å². The highest BCUT2D eigenvalue weighted by molar-refractivity contribution is 5.81. The number of morpholine rings is 1. The number of ether oxygens (including phenoxy) is 1. The highest BCUT2D eigenvalue weighted by Crippen LogP contribution is 2.22. The van der Waals surface area contributed by atoms with E-state index in [1.54, 1.807) is 0 Å². The summed E-state index contributed by atoms with van der Waals surface area (Å²) in [6, 6.07) is 0.558. The lowest BCUT2D eigenvalue weighted by Crippen LogP contribution is -2.52. The van der Waals surface area contributed by atoms with Crippen LogP contribution in [0.1, 0.15) is 32.6 Å². The van der Waals surface area contributed by atoms with E-state index in [9.17, 15) is 4.79 Å². The fraction of sp³-hybridized carbons (Fsp3) is 0.933. The molecule has 0 aromatic carbocycles. The molecule has 1 N–H and O–H groups in total. The van der Waals surface area contributed by atoms with Crippen molar-refractivity contribution in [2.24, 2.45) is 0 Å². The van der Waals surface area contributed by atoms with Gasteiger partial charge in [-0.15, -0.1) is 0 Å². The number of carbonyl (C=O) groups is 1. The van der Waals surface area contributed by atoms with Gasteiger partial charge in [-0.05, 0) is 39.2 Å². The molecule has 0 spiro atoms. The number of likely N-dealkylation sites (tertiary alicyclic amines) is 1. The Morgan fingerprint density at radius 2 is 2.10 bits per heavy atom. The van der Waals surface area contributed by atoms with Crippen molar-refractivity contribution in [3.8, 4) is 0 Å². The summed E-state index contributed by atoms with van der Waals surface area (Å²) >= 11 is 0. The van der Waals surface area contributed by atoms with Crippen molar-refractivity contribution in [1.29, 1.82) is 0 Å². The Bertz CT molecular complexity index is 344. The number of hydrogen-bond acceptors (Lipinski definition) is 4. The summed E-state index contributed by atoms with van der Waals surface area (Å²) in [4.78, 5) is 16.7. The molecule has 0 aromatic rings. The summed E-state index contributed by atoms with van der Waals surface area (Å²) in [5.41, 5.74) is 0. The summed E-state index contributed by atoms with van der Waals surface area (Å²) in [7, 11) is 0. The lowest BCUT2D eigenvalue weighted by Gasteiger charge is -2.35. The third-order valence-corrected chi connectivity index (χ3v) is 4.90. The number of hydrogen-bond donors (Lipinski definition) is 1. The van der Waals surface area contributed by atoms with Crippen molar-refractivity contribution in [2.45, 2.75) is 50.8 Å². The standard InChI is InChI=1S/C15H27N3O2/c1-12(15(19)17-6-2-3-7-17)16-9-14-10-18-8-4-5-13(18)11-20-14/h12-14,16H,2-11H2,1H3. The molecule has 3 fully saturated rings. The van der Waals surface area contributed by atoms with Crippen LogP contribution in [0.4, 0.5) is 0 Å². The Balaban J connectivity index is 1.41. The predicted octanol–water partition coefficient (Wildman–Crippen LogP) is 0.450. The minimum Gasteiger partial charge on any atom is -0.374 e. The van der Waals surface area contributed by atoms with Crippen LogP contribution in [0.15, 0.2) is 0 Å². The molecule has 5 heteroatoms. The van der Waals surface area contributed by atoms with E-state index < -0.39 is 0 Å². The van der Waals surface area contributed by atoms with Crippen LogP contribution in [-0.4, -0.2) is 73.2 Å². The zero-order chi connectivity index (χ0) is 13.9. The number of carbonyl (C=O) groups excluding carboxylic acids is 1. The van der Waals surface area contributed by atoms with Crippen LogP contribution in [0, 0.1) is 0 Å². The minimum atomic E-state index is -0.0898. The molecule has 1 amide bonds. The van der Waals surface area contributed by atoms with Crippen molar-refractivity contribution in [3.05, 3.63) is 0 Å². The fourth-order valence-electron chi connectivity index (χ4n) is 3.62. The molecule has 5 nitrogen and oxygen atoms in total. The molecule has 0 aromatic heterocycles. The average molecular weight is 281 g/mol. The molecule has 3 unspecified atom stereocenters. The molecular formula is C15H27N3O2. The van der Waals surface area contributed by atoms with Gasteiger partial charge in [-0.2, -0.15) is 0 Å². The first-order valence-electron chi connectivity index (χ1n) is 8.12. The zero-order valence-corrected chi connectivity index (χ0v) is 12.5. The summed E-state index contributed by atoms with van der Waals surface area (Å²) in [5, 5.41) is 3.37. The molecule has 114 valence electrons. The van der Waals surface area contributed by atoms with Gasteiger partial charge in [0.2, 0.25) is 5.91 Å². The maximum Gasteiger partial charge on any atom is 0.239 e. The Labute approximate surface area is 121 Å². The Hall–Kier alpha value is -0.650. The van der Waals surface area contributed by atoms with E-state index in [-0.39, 0.29) is 18.1 Å². The van der Waals surface area contributed by atoms with Gasteiger partial charge in [-0.1, -0.05) is 0 Å². The van der Waals surface area contributed by atoms with E-state index in [2.05, 4.69) is 10.2 Å². The van der Waals surface area contributed by atoms with Crippen molar-refractivity contribution in [1.82, 2.24) is 15.1 Å². The van der Waals surface area contributed by atoms with Crippen LogP contribution < -0.4 is 5.32 Å². The first-order chi connectivity index (χ1) is 9.74. The maximum absolute atomic E-state index is 12.2. The molecule has 3 rings (SSSR count). The van der Waals surface area contributed by atoms with Gasteiger partial charge in [0.15, 0.2) is 0 Å². The zero-order valence-electron chi connectivity index (χ0n) is 12.5. The third-order valence-electron chi connectivity index (χ3n) is 4.90. The Kier molecular flexibility index (Phi) is 4.58. The van der Waals surface area contributed by atoms with E-state index in [0.29, 0.717) is 6.04 Å². The fourth-order valence-corrected chi connectivity index (χ4v) is 3.62. The monoisotopic (exact) mass is 281 g/mol.